The number of nitrogens with two attached hydrogens (primary N) is 2. The first kappa shape index (κ1) is 36.0. The van der Waals surface area contributed by atoms with Gasteiger partial charge in [-0.2, -0.15) is 8.42 Å². The van der Waals surface area contributed by atoms with Crippen LogP contribution in [0.4, 0.5) is 11.6 Å². The first-order valence-electron chi connectivity index (χ1n) is 11.6. The Labute approximate surface area is 243 Å². The van der Waals surface area contributed by atoms with Crippen molar-refractivity contribution >= 4 is 59.6 Å². The second-order valence-electron chi connectivity index (χ2n) is 8.65. The molecule has 0 saturated heterocycles. The van der Waals surface area contributed by atoms with Gasteiger partial charge in [0.2, 0.25) is 0 Å². The monoisotopic (exact) mass is 672 g/mol. The van der Waals surface area contributed by atoms with Gasteiger partial charge >= 0.3 is 25.6 Å². The van der Waals surface area contributed by atoms with Crippen LogP contribution in [-0.2, 0) is 42.1 Å². The highest BCUT2D eigenvalue weighted by Crippen LogP contribution is 2.35. The molecule has 4 aromatic rings. The Morgan fingerprint density at radius 2 is 1.07 bits per heavy atom. The fourth-order valence-electron chi connectivity index (χ4n) is 3.17. The van der Waals surface area contributed by atoms with Gasteiger partial charge < -0.3 is 49.6 Å². The Morgan fingerprint density at radius 3 is 1.37 bits per heavy atom. The van der Waals surface area contributed by atoms with Crippen molar-refractivity contribution in [1.29, 1.82) is 0 Å². The second kappa shape index (κ2) is 15.0. The van der Waals surface area contributed by atoms with Crippen LogP contribution >= 0.6 is 15.2 Å². The maximum absolute atomic E-state index is 10.7. The van der Waals surface area contributed by atoms with Crippen molar-refractivity contribution in [3.05, 3.63) is 25.3 Å². The fourth-order valence-corrected chi connectivity index (χ4v) is 4.07. The molecule has 0 bridgehead atoms. The first-order valence-corrected chi connectivity index (χ1v) is 16.6. The molecule has 4 aromatic heterocycles. The summed E-state index contributed by atoms with van der Waals surface area (Å²) in [5, 5.41) is 0. The number of aromatic nitrogens is 8. The Hall–Kier alpha value is -3.21. The van der Waals surface area contributed by atoms with Gasteiger partial charge in [-0.05, 0) is 13.8 Å². The van der Waals surface area contributed by atoms with Crippen LogP contribution < -0.4 is 11.5 Å². The molecule has 4 rings (SSSR count). The van der Waals surface area contributed by atoms with Crippen LogP contribution in [0.1, 0.15) is 13.8 Å². The largest absolute Gasteiger partial charge is 0.394 e. The number of rotatable bonds is 10. The van der Waals surface area contributed by atoms with Crippen molar-refractivity contribution in [2.24, 2.45) is 0 Å². The third-order valence-electron chi connectivity index (χ3n) is 4.82. The smallest absolute Gasteiger partial charge is 0.382 e. The molecule has 0 spiro atoms. The molecule has 22 nitrogen and oxygen atoms in total. The number of nitrogen functional groups attached to an aromatic ring is 2. The van der Waals surface area contributed by atoms with Crippen molar-refractivity contribution in [2.45, 2.75) is 39.1 Å². The summed E-state index contributed by atoms with van der Waals surface area (Å²) in [6.45, 7) is 4.11. The van der Waals surface area contributed by atoms with E-state index in [0.717, 1.165) is 0 Å². The summed E-state index contributed by atoms with van der Waals surface area (Å²) in [5.74, 6) is 0.570. The molecule has 0 unspecified atom stereocenters. The third-order valence-corrected chi connectivity index (χ3v) is 5.79. The van der Waals surface area contributed by atoms with Crippen molar-refractivity contribution in [3.8, 4) is 0 Å². The van der Waals surface area contributed by atoms with Crippen LogP contribution in [0.25, 0.3) is 22.3 Å². The number of hydrogen-bond donors (Lipinski definition) is 8. The molecule has 0 aliphatic carbocycles. The van der Waals surface area contributed by atoms with E-state index in [-0.39, 0.29) is 11.6 Å². The summed E-state index contributed by atoms with van der Waals surface area (Å²) >= 11 is 0. The van der Waals surface area contributed by atoms with E-state index in [1.54, 1.807) is 23.0 Å². The number of hydrogen-bond acceptors (Lipinski definition) is 14. The number of imidazole rings is 2. The topological polar surface area (TPSA) is 347 Å². The SMILES string of the molecule is C[C@H](Cn1cnc2c(N)ncnc21)OCP(=O)(O)O.C[C@H](Cn1cnc2c(N)ncnc21)OCP(=O)(O)O.O=S(=O)(O)O. The average Bonchev–Trinajstić information content (AvgIpc) is 3.46. The summed E-state index contributed by atoms with van der Waals surface area (Å²) in [6, 6.07) is 0. The van der Waals surface area contributed by atoms with E-state index in [4.69, 9.17) is 58.0 Å². The van der Waals surface area contributed by atoms with Gasteiger partial charge in [0.05, 0.1) is 38.0 Å². The summed E-state index contributed by atoms with van der Waals surface area (Å²) in [6.07, 6.45) is 3.70. The molecule has 0 aromatic carbocycles. The van der Waals surface area contributed by atoms with Crippen LogP contribution in [0, 0.1) is 0 Å². The maximum Gasteiger partial charge on any atom is 0.394 e. The molecule has 0 amide bonds. The Bertz CT molecular complexity index is 1590. The van der Waals surface area contributed by atoms with Gasteiger partial charge in [0.15, 0.2) is 22.9 Å². The maximum atomic E-state index is 10.7. The molecular weight excluding hydrogens is 642 g/mol. The molecular formula is C18H30N10O12P2S. The minimum Gasteiger partial charge on any atom is -0.382 e. The summed E-state index contributed by atoms with van der Waals surface area (Å²) in [4.78, 5) is 58.9. The van der Waals surface area contributed by atoms with E-state index in [9.17, 15) is 9.13 Å². The molecule has 2 atom stereocenters. The highest BCUT2D eigenvalue weighted by Gasteiger charge is 2.18. The first-order chi connectivity index (χ1) is 19.7. The average molecular weight is 673 g/mol. The molecule has 240 valence electrons. The lowest BCUT2D eigenvalue weighted by Gasteiger charge is -2.14. The standard InChI is InChI=1S/2C9H14N5O4P.H2O4S/c2*1-6(18-5-19(15,16)17)2-14-4-13-7-8(10)11-3-12-9(7)14;1-5(2,3)4/h2*3-4,6H,2,5H2,1H3,(H2,10,11,12)(H2,15,16,17);(H2,1,2,3,4)/t2*6-;/m11./s1. The number of ether oxygens (including phenoxy) is 2. The zero-order valence-corrected chi connectivity index (χ0v) is 25.1. The lowest BCUT2D eigenvalue weighted by molar-refractivity contribution is 0.0764. The minimum absolute atomic E-state index is 0.285. The molecule has 0 fully saturated rings. The van der Waals surface area contributed by atoms with E-state index in [2.05, 4.69) is 29.9 Å². The van der Waals surface area contributed by atoms with Crippen LogP contribution in [0.15, 0.2) is 25.3 Å². The predicted octanol–water partition coefficient (Wildman–Crippen LogP) is -0.755. The number of nitrogens with zero attached hydrogens (tertiary/aromatic N) is 8. The van der Waals surface area contributed by atoms with E-state index >= 15 is 0 Å². The lowest BCUT2D eigenvalue weighted by atomic mass is 10.4. The van der Waals surface area contributed by atoms with Crippen molar-refractivity contribution in [2.75, 3.05) is 24.2 Å². The molecule has 0 aliphatic rings. The molecule has 43 heavy (non-hydrogen) atoms. The van der Waals surface area contributed by atoms with Gasteiger partial charge in [-0.3, -0.25) is 18.2 Å². The second-order valence-corrected chi connectivity index (χ2v) is 12.7. The highest BCUT2D eigenvalue weighted by atomic mass is 32.3. The van der Waals surface area contributed by atoms with Crippen LogP contribution in [-0.4, -0.2) is 101 Å². The van der Waals surface area contributed by atoms with Gasteiger partial charge in [0.1, 0.15) is 36.4 Å². The lowest BCUT2D eigenvalue weighted by Crippen LogP contribution is -2.17. The molecule has 0 saturated carbocycles. The van der Waals surface area contributed by atoms with E-state index < -0.39 is 50.5 Å². The van der Waals surface area contributed by atoms with Gasteiger partial charge in [-0.1, -0.05) is 0 Å². The minimum atomic E-state index is -4.67. The van der Waals surface area contributed by atoms with Gasteiger partial charge in [0.25, 0.3) is 0 Å². The van der Waals surface area contributed by atoms with Crippen LogP contribution in [0.3, 0.4) is 0 Å². The molecule has 10 N–H and O–H groups in total. The van der Waals surface area contributed by atoms with Crippen molar-refractivity contribution in [1.82, 2.24) is 39.0 Å². The van der Waals surface area contributed by atoms with Gasteiger partial charge in [0, 0.05) is 0 Å². The molecule has 0 radical (unpaired) electrons. The third kappa shape index (κ3) is 13.3. The zero-order valence-electron chi connectivity index (χ0n) is 22.5. The Balaban J connectivity index is 0.000000260. The normalized spacial score (nSPS) is 13.6. The molecule has 25 heteroatoms. The van der Waals surface area contributed by atoms with Crippen LogP contribution in [0.2, 0.25) is 0 Å². The Kier molecular flexibility index (Phi) is 12.5. The number of anilines is 2. The van der Waals surface area contributed by atoms with E-state index in [1.807, 2.05) is 0 Å². The van der Waals surface area contributed by atoms with E-state index in [0.29, 0.717) is 35.4 Å². The molecule has 0 aliphatic heterocycles. The summed E-state index contributed by atoms with van der Waals surface area (Å²) in [5.41, 5.74) is 13.4. The van der Waals surface area contributed by atoms with Gasteiger partial charge in [-0.15, -0.1) is 0 Å². The predicted molar refractivity (Wildman–Crippen MR) is 149 cm³/mol. The van der Waals surface area contributed by atoms with E-state index in [1.165, 1.54) is 25.3 Å². The quantitative estimate of drug-likeness (QED) is 0.0758. The highest BCUT2D eigenvalue weighted by molar-refractivity contribution is 7.79. The zero-order chi connectivity index (χ0) is 32.6. The summed E-state index contributed by atoms with van der Waals surface area (Å²) < 4.78 is 66.5. The van der Waals surface area contributed by atoms with Crippen molar-refractivity contribution in [3.63, 3.8) is 0 Å². The van der Waals surface area contributed by atoms with Crippen LogP contribution in [0.5, 0.6) is 0 Å². The van der Waals surface area contributed by atoms with Gasteiger partial charge in [-0.25, -0.2) is 29.9 Å². The molecule has 4 heterocycles. The fraction of sp³-hybridized carbons (Fsp3) is 0.444. The number of fused-ring (bicyclic) bond motifs is 2. The van der Waals surface area contributed by atoms with Crippen molar-refractivity contribution < 1.29 is 55.7 Å². The Morgan fingerprint density at radius 1 is 0.744 bits per heavy atom. The summed E-state index contributed by atoms with van der Waals surface area (Å²) in [7, 11) is -13.0.